The van der Waals surface area contributed by atoms with Gasteiger partial charge in [0.2, 0.25) is 0 Å². The zero-order chi connectivity index (χ0) is 26.1. The van der Waals surface area contributed by atoms with Crippen molar-refractivity contribution in [1.82, 2.24) is 14.9 Å². The van der Waals surface area contributed by atoms with Crippen molar-refractivity contribution in [1.29, 1.82) is 0 Å². The average Bonchev–Trinajstić information content (AvgIpc) is 2.84. The molecule has 2 saturated heterocycles. The van der Waals surface area contributed by atoms with Gasteiger partial charge in [0, 0.05) is 37.8 Å². The highest BCUT2D eigenvalue weighted by molar-refractivity contribution is 5.69. The van der Waals surface area contributed by atoms with Crippen LogP contribution < -0.4 is 16.0 Å². The number of anilines is 2. The number of pyridine rings is 2. The summed E-state index contributed by atoms with van der Waals surface area (Å²) in [6.45, 7) is 5.50. The summed E-state index contributed by atoms with van der Waals surface area (Å²) in [6.07, 6.45) is 3.85. The minimum atomic E-state index is -0.834. The number of likely N-dealkylation sites (tertiary alicyclic amines) is 1. The zero-order valence-corrected chi connectivity index (χ0v) is 20.7. The van der Waals surface area contributed by atoms with Crippen molar-refractivity contribution >= 4 is 11.4 Å². The summed E-state index contributed by atoms with van der Waals surface area (Å²) in [5.41, 5.74) is 7.79. The average molecular weight is 513 g/mol. The smallest absolute Gasteiger partial charge is 0.149 e. The Hall–Kier alpha value is -3.21. The Morgan fingerprint density at radius 3 is 2.51 bits per heavy atom. The van der Waals surface area contributed by atoms with Crippen molar-refractivity contribution in [3.63, 3.8) is 0 Å². The molecule has 2 aliphatic rings. The standard InChI is InChI=1S/C27H31F3N6O/c1-16-13-36(15-22(31)27(16)37)24-5-6-32-12-23(24)33-11-18-3-4-19(28)26(34-18)25-20(29)9-17(10-21(25)30)14-35-7-2-8-35/h3-6,9-10,12,16,22,27,33,37H,2,7-8,11,13-15,31H2,1H3/t16-,22+,27+/m0/s1. The van der Waals surface area contributed by atoms with E-state index in [0.29, 0.717) is 36.6 Å². The molecule has 10 heteroatoms. The number of nitrogens with one attached hydrogen (secondary N) is 1. The third-order valence-electron chi connectivity index (χ3n) is 7.16. The van der Waals surface area contributed by atoms with E-state index in [9.17, 15) is 18.3 Å². The number of aliphatic hydroxyl groups excluding tert-OH is 1. The normalized spacial score (nSPS) is 22.1. The quantitative estimate of drug-likeness (QED) is 0.446. The van der Waals surface area contributed by atoms with Gasteiger partial charge in [-0.25, -0.2) is 18.2 Å². The van der Waals surface area contributed by atoms with Crippen molar-refractivity contribution in [2.24, 2.45) is 11.7 Å². The van der Waals surface area contributed by atoms with Crippen molar-refractivity contribution in [3.8, 4) is 11.3 Å². The van der Waals surface area contributed by atoms with Gasteiger partial charge >= 0.3 is 0 Å². The molecule has 2 aromatic heterocycles. The molecular formula is C27H31F3N6O. The van der Waals surface area contributed by atoms with Gasteiger partial charge in [0.15, 0.2) is 0 Å². The van der Waals surface area contributed by atoms with E-state index in [0.717, 1.165) is 25.2 Å². The second-order valence-electron chi connectivity index (χ2n) is 9.98. The minimum absolute atomic E-state index is 0.00632. The highest BCUT2D eigenvalue weighted by atomic mass is 19.1. The molecule has 5 rings (SSSR count). The molecular weight excluding hydrogens is 481 g/mol. The molecule has 2 aliphatic heterocycles. The van der Waals surface area contributed by atoms with Crippen LogP contribution in [0.3, 0.4) is 0 Å². The largest absolute Gasteiger partial charge is 0.391 e. The lowest BCUT2D eigenvalue weighted by Gasteiger charge is -2.40. The van der Waals surface area contributed by atoms with Gasteiger partial charge in [0.05, 0.1) is 41.5 Å². The van der Waals surface area contributed by atoms with Gasteiger partial charge < -0.3 is 21.1 Å². The lowest BCUT2D eigenvalue weighted by molar-refractivity contribution is 0.0785. The lowest BCUT2D eigenvalue weighted by Crippen LogP contribution is -2.55. The van der Waals surface area contributed by atoms with E-state index in [2.05, 4.69) is 25.1 Å². The van der Waals surface area contributed by atoms with E-state index in [-0.39, 0.29) is 24.2 Å². The maximum Gasteiger partial charge on any atom is 0.149 e. The summed E-state index contributed by atoms with van der Waals surface area (Å²) >= 11 is 0. The number of nitrogens with zero attached hydrogens (tertiary/aromatic N) is 4. The third kappa shape index (κ3) is 5.41. The Bertz CT molecular complexity index is 1240. The number of nitrogens with two attached hydrogens (primary N) is 1. The maximum atomic E-state index is 15.0. The molecule has 3 aromatic rings. The van der Waals surface area contributed by atoms with Crippen LogP contribution in [0.2, 0.25) is 0 Å². The molecule has 4 heterocycles. The molecule has 4 N–H and O–H groups in total. The van der Waals surface area contributed by atoms with Gasteiger partial charge in [0.1, 0.15) is 23.1 Å². The zero-order valence-electron chi connectivity index (χ0n) is 20.7. The van der Waals surface area contributed by atoms with E-state index in [1.54, 1.807) is 12.4 Å². The predicted octanol–water partition coefficient (Wildman–Crippen LogP) is 3.52. The first-order chi connectivity index (χ1) is 17.8. The summed E-state index contributed by atoms with van der Waals surface area (Å²) in [6, 6.07) is 6.63. The number of benzene rings is 1. The van der Waals surface area contributed by atoms with Crippen LogP contribution in [0.1, 0.15) is 24.6 Å². The fourth-order valence-corrected chi connectivity index (χ4v) is 4.99. The topological polar surface area (TPSA) is 90.5 Å². The van der Waals surface area contributed by atoms with Crippen LogP contribution in [0.5, 0.6) is 0 Å². The summed E-state index contributed by atoms with van der Waals surface area (Å²) in [4.78, 5) is 12.6. The molecule has 1 aromatic carbocycles. The number of piperidine rings is 1. The molecule has 0 unspecified atom stereocenters. The van der Waals surface area contributed by atoms with Crippen LogP contribution in [0.4, 0.5) is 24.5 Å². The van der Waals surface area contributed by atoms with Crippen molar-refractivity contribution in [2.75, 3.05) is 36.4 Å². The molecule has 0 spiro atoms. The Morgan fingerprint density at radius 1 is 1.08 bits per heavy atom. The number of hydrogen-bond acceptors (Lipinski definition) is 7. The Labute approximate surface area is 214 Å². The van der Waals surface area contributed by atoms with Crippen LogP contribution in [0.25, 0.3) is 11.3 Å². The lowest BCUT2D eigenvalue weighted by atomic mass is 9.92. The Morgan fingerprint density at radius 2 is 1.84 bits per heavy atom. The number of rotatable bonds is 7. The van der Waals surface area contributed by atoms with Crippen LogP contribution in [0, 0.1) is 23.4 Å². The van der Waals surface area contributed by atoms with Gasteiger partial charge in [0.25, 0.3) is 0 Å². The summed E-state index contributed by atoms with van der Waals surface area (Å²) in [7, 11) is 0. The number of halogens is 3. The molecule has 0 radical (unpaired) electrons. The van der Waals surface area contributed by atoms with Crippen LogP contribution in [-0.2, 0) is 13.1 Å². The first-order valence-corrected chi connectivity index (χ1v) is 12.5. The number of hydrogen-bond donors (Lipinski definition) is 3. The number of aliphatic hydroxyl groups is 1. The molecule has 196 valence electrons. The highest BCUT2D eigenvalue weighted by Crippen LogP contribution is 2.31. The van der Waals surface area contributed by atoms with E-state index >= 15 is 0 Å². The predicted molar refractivity (Wildman–Crippen MR) is 136 cm³/mol. The molecule has 7 nitrogen and oxygen atoms in total. The van der Waals surface area contributed by atoms with Gasteiger partial charge in [-0.1, -0.05) is 6.92 Å². The first-order valence-electron chi connectivity index (χ1n) is 12.5. The molecule has 2 fully saturated rings. The van der Waals surface area contributed by atoms with Gasteiger partial charge in [-0.2, -0.15) is 0 Å². The third-order valence-corrected chi connectivity index (χ3v) is 7.16. The van der Waals surface area contributed by atoms with E-state index in [4.69, 9.17) is 5.73 Å². The summed E-state index contributed by atoms with van der Waals surface area (Å²) in [5.74, 6) is -2.47. The monoisotopic (exact) mass is 512 g/mol. The molecule has 37 heavy (non-hydrogen) atoms. The van der Waals surface area contributed by atoms with Crippen molar-refractivity contribution in [3.05, 3.63) is 71.4 Å². The van der Waals surface area contributed by atoms with Gasteiger partial charge in [-0.05, 0) is 55.4 Å². The fourth-order valence-electron chi connectivity index (χ4n) is 4.99. The van der Waals surface area contributed by atoms with Crippen LogP contribution in [0.15, 0.2) is 42.7 Å². The second-order valence-corrected chi connectivity index (χ2v) is 9.98. The van der Waals surface area contributed by atoms with E-state index in [1.807, 2.05) is 13.0 Å². The summed E-state index contributed by atoms with van der Waals surface area (Å²) < 4.78 is 44.6. The van der Waals surface area contributed by atoms with Gasteiger partial charge in [-0.15, -0.1) is 0 Å². The highest BCUT2D eigenvalue weighted by Gasteiger charge is 2.31. The summed E-state index contributed by atoms with van der Waals surface area (Å²) in [5, 5.41) is 13.5. The number of aromatic nitrogens is 2. The van der Waals surface area contributed by atoms with Crippen LogP contribution in [-0.4, -0.2) is 58.3 Å². The molecule has 0 aliphatic carbocycles. The SMILES string of the molecule is C[C@H]1CN(c2ccncc2NCc2ccc(F)c(-c3c(F)cc(CN4CCC4)cc3F)n2)C[C@@H](N)[C@@H]1O. The molecule has 0 saturated carbocycles. The maximum absolute atomic E-state index is 15.0. The molecule has 0 amide bonds. The van der Waals surface area contributed by atoms with Crippen LogP contribution >= 0.6 is 0 Å². The fraction of sp³-hybridized carbons (Fsp3) is 0.407. The van der Waals surface area contributed by atoms with Gasteiger partial charge in [-0.3, -0.25) is 9.88 Å². The van der Waals surface area contributed by atoms with Crippen molar-refractivity contribution < 1.29 is 18.3 Å². The second kappa shape index (κ2) is 10.6. The van der Waals surface area contributed by atoms with Crippen molar-refractivity contribution in [2.45, 2.75) is 38.6 Å². The molecule has 0 bridgehead atoms. The Balaban J connectivity index is 1.35. The minimum Gasteiger partial charge on any atom is -0.391 e. The van der Waals surface area contributed by atoms with E-state index in [1.165, 1.54) is 24.3 Å². The van der Waals surface area contributed by atoms with E-state index < -0.39 is 29.1 Å². The first kappa shape index (κ1) is 25.4. The molecule has 3 atom stereocenters. The Kier molecular flexibility index (Phi) is 7.32.